The van der Waals surface area contributed by atoms with Gasteiger partial charge in [-0.3, -0.25) is 14.3 Å². The van der Waals surface area contributed by atoms with Gasteiger partial charge in [-0.1, -0.05) is 35.5 Å². The zero-order valence-corrected chi connectivity index (χ0v) is 16.9. The van der Waals surface area contributed by atoms with Crippen LogP contribution in [0.2, 0.25) is 0 Å². The average Bonchev–Trinajstić information content (AvgIpc) is 3.53. The Balaban J connectivity index is 1.38. The van der Waals surface area contributed by atoms with Gasteiger partial charge in [0.15, 0.2) is 5.69 Å². The van der Waals surface area contributed by atoms with Gasteiger partial charge >= 0.3 is 0 Å². The standard InChI is InChI=1S/C21H25N7O2/c1-2-28-19(10-11-23-28)21(30)27-12-6-9-17(27)14-26-15-18(24-25-26)20(29)22-13-16-7-4-3-5-8-16/h3-5,7-8,10-11,15,17H,2,6,9,12-14H2,1H3,(H,22,29)/t17-/m0/s1. The van der Waals surface area contributed by atoms with Crippen molar-refractivity contribution < 1.29 is 9.59 Å². The van der Waals surface area contributed by atoms with Crippen molar-refractivity contribution in [3.63, 3.8) is 0 Å². The molecule has 2 aromatic heterocycles. The first-order chi connectivity index (χ1) is 14.7. The monoisotopic (exact) mass is 407 g/mol. The molecule has 1 atom stereocenters. The number of hydrogen-bond acceptors (Lipinski definition) is 5. The number of aryl methyl sites for hydroxylation is 1. The van der Waals surface area contributed by atoms with E-state index in [0.29, 0.717) is 31.9 Å². The Hall–Kier alpha value is -3.49. The van der Waals surface area contributed by atoms with Gasteiger partial charge in [-0.2, -0.15) is 5.10 Å². The molecule has 0 aliphatic carbocycles. The van der Waals surface area contributed by atoms with E-state index in [2.05, 4.69) is 20.7 Å². The number of nitrogens with zero attached hydrogens (tertiary/aromatic N) is 6. The van der Waals surface area contributed by atoms with E-state index in [9.17, 15) is 9.59 Å². The zero-order valence-electron chi connectivity index (χ0n) is 16.9. The SMILES string of the molecule is CCn1nccc1C(=O)N1CCC[C@H]1Cn1cc(C(=O)NCc2ccccc2)nn1. The Morgan fingerprint density at radius 3 is 2.83 bits per heavy atom. The number of rotatable bonds is 7. The van der Waals surface area contributed by atoms with Crippen molar-refractivity contribution in [3.8, 4) is 0 Å². The van der Waals surface area contributed by atoms with Crippen LogP contribution in [0.4, 0.5) is 0 Å². The molecular formula is C21H25N7O2. The normalized spacial score (nSPS) is 16.0. The van der Waals surface area contributed by atoms with Crippen LogP contribution >= 0.6 is 0 Å². The topological polar surface area (TPSA) is 97.9 Å². The van der Waals surface area contributed by atoms with Crippen molar-refractivity contribution in [2.24, 2.45) is 0 Å². The van der Waals surface area contributed by atoms with Crippen LogP contribution in [-0.2, 0) is 19.6 Å². The smallest absolute Gasteiger partial charge is 0.273 e. The fourth-order valence-corrected chi connectivity index (χ4v) is 3.78. The molecule has 1 saturated heterocycles. The Morgan fingerprint density at radius 2 is 2.03 bits per heavy atom. The number of likely N-dealkylation sites (tertiary alicyclic amines) is 1. The first kappa shape index (κ1) is 19.8. The molecule has 1 aromatic carbocycles. The summed E-state index contributed by atoms with van der Waals surface area (Å²) < 4.78 is 3.35. The van der Waals surface area contributed by atoms with E-state index < -0.39 is 0 Å². The summed E-state index contributed by atoms with van der Waals surface area (Å²) in [6.45, 7) is 4.26. The molecular weight excluding hydrogens is 382 g/mol. The highest BCUT2D eigenvalue weighted by Crippen LogP contribution is 2.21. The van der Waals surface area contributed by atoms with E-state index in [-0.39, 0.29) is 23.6 Å². The van der Waals surface area contributed by atoms with Gasteiger partial charge in [-0.25, -0.2) is 4.68 Å². The summed E-state index contributed by atoms with van der Waals surface area (Å²) in [4.78, 5) is 27.2. The van der Waals surface area contributed by atoms with Crippen LogP contribution in [0.5, 0.6) is 0 Å². The molecule has 0 spiro atoms. The lowest BCUT2D eigenvalue weighted by Gasteiger charge is -2.24. The molecule has 30 heavy (non-hydrogen) atoms. The van der Waals surface area contributed by atoms with Crippen LogP contribution in [0.25, 0.3) is 0 Å². The van der Waals surface area contributed by atoms with E-state index in [0.717, 1.165) is 18.4 Å². The highest BCUT2D eigenvalue weighted by Gasteiger charge is 2.31. The van der Waals surface area contributed by atoms with E-state index in [4.69, 9.17) is 0 Å². The summed E-state index contributed by atoms with van der Waals surface area (Å²) in [7, 11) is 0. The molecule has 1 fully saturated rings. The molecule has 0 radical (unpaired) electrons. The number of nitrogens with one attached hydrogen (secondary N) is 1. The maximum atomic E-state index is 13.0. The number of carbonyl (C=O) groups excluding carboxylic acids is 2. The fourth-order valence-electron chi connectivity index (χ4n) is 3.78. The molecule has 1 aliphatic heterocycles. The van der Waals surface area contributed by atoms with Crippen molar-refractivity contribution in [2.75, 3.05) is 6.54 Å². The van der Waals surface area contributed by atoms with Crippen LogP contribution in [0, 0.1) is 0 Å². The van der Waals surface area contributed by atoms with Gasteiger partial charge in [0.2, 0.25) is 0 Å². The van der Waals surface area contributed by atoms with Gasteiger partial charge in [0, 0.05) is 25.8 Å². The van der Waals surface area contributed by atoms with E-state index >= 15 is 0 Å². The molecule has 4 rings (SSSR count). The van der Waals surface area contributed by atoms with E-state index in [1.54, 1.807) is 27.8 Å². The molecule has 9 nitrogen and oxygen atoms in total. The third-order valence-corrected chi connectivity index (χ3v) is 5.34. The van der Waals surface area contributed by atoms with Crippen LogP contribution in [0.3, 0.4) is 0 Å². The summed E-state index contributed by atoms with van der Waals surface area (Å²) in [5.41, 5.74) is 1.89. The van der Waals surface area contributed by atoms with Gasteiger partial charge in [0.1, 0.15) is 5.69 Å². The van der Waals surface area contributed by atoms with Crippen molar-refractivity contribution in [1.29, 1.82) is 0 Å². The van der Waals surface area contributed by atoms with Crippen molar-refractivity contribution in [2.45, 2.75) is 45.4 Å². The second-order valence-electron chi connectivity index (χ2n) is 7.32. The number of aromatic nitrogens is 5. The predicted octanol–water partition coefficient (Wildman–Crippen LogP) is 1.73. The van der Waals surface area contributed by atoms with Gasteiger partial charge in [0.25, 0.3) is 11.8 Å². The lowest BCUT2D eigenvalue weighted by atomic mass is 10.2. The second-order valence-corrected chi connectivity index (χ2v) is 7.32. The summed E-state index contributed by atoms with van der Waals surface area (Å²) in [5.74, 6) is -0.283. The lowest BCUT2D eigenvalue weighted by Crippen LogP contribution is -2.39. The largest absolute Gasteiger partial charge is 0.347 e. The van der Waals surface area contributed by atoms with Crippen molar-refractivity contribution >= 4 is 11.8 Å². The maximum absolute atomic E-state index is 13.0. The van der Waals surface area contributed by atoms with Gasteiger partial charge in [-0.05, 0) is 31.4 Å². The number of benzene rings is 1. The minimum Gasteiger partial charge on any atom is -0.347 e. The molecule has 0 unspecified atom stereocenters. The number of hydrogen-bond donors (Lipinski definition) is 1. The predicted molar refractivity (Wildman–Crippen MR) is 110 cm³/mol. The van der Waals surface area contributed by atoms with Crippen LogP contribution in [0.1, 0.15) is 46.3 Å². The summed E-state index contributed by atoms with van der Waals surface area (Å²) in [5, 5.41) is 15.1. The second kappa shape index (κ2) is 8.89. The Labute approximate surface area is 174 Å². The highest BCUT2D eigenvalue weighted by molar-refractivity contribution is 5.93. The third kappa shape index (κ3) is 4.24. The molecule has 1 aliphatic rings. The quantitative estimate of drug-likeness (QED) is 0.643. The molecule has 2 amide bonds. The molecule has 0 bridgehead atoms. The summed E-state index contributed by atoms with van der Waals surface area (Å²) in [6.07, 6.45) is 5.12. The molecule has 3 aromatic rings. The minimum atomic E-state index is -0.267. The van der Waals surface area contributed by atoms with Crippen LogP contribution in [0.15, 0.2) is 48.8 Å². The number of amides is 2. The van der Waals surface area contributed by atoms with Gasteiger partial charge < -0.3 is 10.2 Å². The fraction of sp³-hybridized carbons (Fsp3) is 0.381. The highest BCUT2D eigenvalue weighted by atomic mass is 16.2. The van der Waals surface area contributed by atoms with Crippen molar-refractivity contribution in [3.05, 3.63) is 65.7 Å². The van der Waals surface area contributed by atoms with Crippen LogP contribution < -0.4 is 5.32 Å². The average molecular weight is 407 g/mol. The zero-order chi connectivity index (χ0) is 20.9. The molecule has 0 saturated carbocycles. The Kier molecular flexibility index (Phi) is 5.87. The number of carbonyl (C=O) groups is 2. The third-order valence-electron chi connectivity index (χ3n) is 5.34. The Morgan fingerprint density at radius 1 is 1.20 bits per heavy atom. The van der Waals surface area contributed by atoms with Gasteiger partial charge in [0.05, 0.1) is 18.8 Å². The molecule has 156 valence electrons. The van der Waals surface area contributed by atoms with E-state index in [1.807, 2.05) is 42.2 Å². The summed E-state index contributed by atoms with van der Waals surface area (Å²) in [6, 6.07) is 11.5. The van der Waals surface area contributed by atoms with E-state index in [1.165, 1.54) is 0 Å². The summed E-state index contributed by atoms with van der Waals surface area (Å²) >= 11 is 0. The minimum absolute atomic E-state index is 0.0136. The van der Waals surface area contributed by atoms with Crippen LogP contribution in [-0.4, -0.2) is 54.1 Å². The maximum Gasteiger partial charge on any atom is 0.273 e. The Bertz CT molecular complexity index is 1010. The molecule has 9 heteroatoms. The molecule has 1 N–H and O–H groups in total. The van der Waals surface area contributed by atoms with Gasteiger partial charge in [-0.15, -0.1) is 5.10 Å². The molecule has 3 heterocycles. The lowest BCUT2D eigenvalue weighted by molar-refractivity contribution is 0.0708. The first-order valence-corrected chi connectivity index (χ1v) is 10.2. The first-order valence-electron chi connectivity index (χ1n) is 10.2. The van der Waals surface area contributed by atoms with Crippen molar-refractivity contribution in [1.82, 2.24) is 35.0 Å².